The van der Waals surface area contributed by atoms with Crippen molar-refractivity contribution >= 4 is 40.7 Å². The van der Waals surface area contributed by atoms with Crippen molar-refractivity contribution in [1.29, 1.82) is 0 Å². The number of para-hydroxylation sites is 1. The van der Waals surface area contributed by atoms with E-state index in [0.717, 1.165) is 0 Å². The number of carbonyl (C=O) groups is 2. The Hall–Kier alpha value is -1.26. The van der Waals surface area contributed by atoms with E-state index in [1.807, 2.05) is 18.7 Å². The van der Waals surface area contributed by atoms with Crippen molar-refractivity contribution in [3.8, 4) is 0 Å². The van der Waals surface area contributed by atoms with Gasteiger partial charge in [-0.3, -0.25) is 9.59 Å². The molecule has 0 saturated carbocycles. The van der Waals surface area contributed by atoms with Crippen molar-refractivity contribution < 1.29 is 9.59 Å². The molecule has 1 aromatic rings. The Kier molecular flexibility index (Phi) is 6.31. The highest BCUT2D eigenvalue weighted by atomic mass is 35.5. The normalized spacial score (nSPS) is 15.8. The first-order valence-corrected chi connectivity index (χ1v) is 8.66. The minimum Gasteiger partial charge on any atom is -0.343 e. The summed E-state index contributed by atoms with van der Waals surface area (Å²) in [4.78, 5) is 26.3. The van der Waals surface area contributed by atoms with Crippen molar-refractivity contribution in [1.82, 2.24) is 4.90 Å². The van der Waals surface area contributed by atoms with E-state index in [1.165, 1.54) is 0 Å². The standard InChI is InChI=1S/C17H22Cl2N2O2/c1-11(2)10-15(22)21-8-6-12(7-9-21)17(23)20-16-13(18)4-3-5-14(16)19/h3-5,11-12H,6-10H2,1-2H3,(H,20,23). The Bertz CT molecular complexity index is 562. The Morgan fingerprint density at radius 2 is 1.78 bits per heavy atom. The van der Waals surface area contributed by atoms with E-state index in [4.69, 9.17) is 23.2 Å². The summed E-state index contributed by atoms with van der Waals surface area (Å²) in [5.74, 6) is 0.320. The van der Waals surface area contributed by atoms with Crippen molar-refractivity contribution in [2.75, 3.05) is 18.4 Å². The lowest BCUT2D eigenvalue weighted by atomic mass is 9.95. The molecule has 0 aliphatic carbocycles. The number of hydrogen-bond donors (Lipinski definition) is 1. The molecule has 6 heteroatoms. The summed E-state index contributed by atoms with van der Waals surface area (Å²) < 4.78 is 0. The molecule has 1 saturated heterocycles. The minimum absolute atomic E-state index is 0.0871. The van der Waals surface area contributed by atoms with Crippen LogP contribution < -0.4 is 5.32 Å². The van der Waals surface area contributed by atoms with E-state index < -0.39 is 0 Å². The molecule has 0 spiro atoms. The van der Waals surface area contributed by atoms with Crippen molar-refractivity contribution in [2.45, 2.75) is 33.1 Å². The second-order valence-corrected chi connectivity index (χ2v) is 7.15. The molecule has 2 amide bonds. The maximum Gasteiger partial charge on any atom is 0.227 e. The molecular weight excluding hydrogens is 335 g/mol. The van der Waals surface area contributed by atoms with Crippen molar-refractivity contribution in [2.24, 2.45) is 11.8 Å². The number of amides is 2. The van der Waals surface area contributed by atoms with E-state index in [9.17, 15) is 9.59 Å². The van der Waals surface area contributed by atoms with Crippen LogP contribution in [-0.2, 0) is 9.59 Å². The van der Waals surface area contributed by atoms with Crippen LogP contribution in [0.5, 0.6) is 0 Å². The predicted octanol–water partition coefficient (Wildman–Crippen LogP) is 4.22. The zero-order chi connectivity index (χ0) is 17.0. The third kappa shape index (κ3) is 4.85. The molecule has 1 fully saturated rings. The first-order valence-electron chi connectivity index (χ1n) is 7.91. The fraction of sp³-hybridized carbons (Fsp3) is 0.529. The summed E-state index contributed by atoms with van der Waals surface area (Å²) >= 11 is 12.1. The summed E-state index contributed by atoms with van der Waals surface area (Å²) in [6.45, 7) is 5.32. The number of halogens is 2. The molecule has 1 N–H and O–H groups in total. The number of benzene rings is 1. The number of piperidine rings is 1. The third-order valence-electron chi connectivity index (χ3n) is 4.01. The Labute approximate surface area is 147 Å². The van der Waals surface area contributed by atoms with Crippen molar-refractivity contribution in [3.05, 3.63) is 28.2 Å². The van der Waals surface area contributed by atoms with E-state index >= 15 is 0 Å². The molecule has 4 nitrogen and oxygen atoms in total. The Balaban J connectivity index is 1.90. The molecule has 1 aliphatic heterocycles. The van der Waals surface area contributed by atoms with Crippen molar-refractivity contribution in [3.63, 3.8) is 0 Å². The molecule has 0 bridgehead atoms. The van der Waals surface area contributed by atoms with Gasteiger partial charge in [0.25, 0.3) is 0 Å². The molecule has 1 aromatic carbocycles. The van der Waals surface area contributed by atoms with Gasteiger partial charge in [0.1, 0.15) is 0 Å². The molecule has 2 rings (SSSR count). The topological polar surface area (TPSA) is 49.4 Å². The molecule has 126 valence electrons. The summed E-state index contributed by atoms with van der Waals surface area (Å²) in [7, 11) is 0. The maximum absolute atomic E-state index is 12.4. The molecule has 0 aromatic heterocycles. The van der Waals surface area contributed by atoms with Crippen LogP contribution in [0, 0.1) is 11.8 Å². The Morgan fingerprint density at radius 1 is 1.22 bits per heavy atom. The van der Waals surface area contributed by atoms with Gasteiger partial charge in [0.2, 0.25) is 11.8 Å². The van der Waals surface area contributed by atoms with Gasteiger partial charge in [-0.1, -0.05) is 43.1 Å². The van der Waals surface area contributed by atoms with Crippen LogP contribution >= 0.6 is 23.2 Å². The second kappa shape index (κ2) is 8.02. The highest BCUT2D eigenvalue weighted by Gasteiger charge is 2.28. The molecule has 0 radical (unpaired) electrons. The molecule has 1 heterocycles. The van der Waals surface area contributed by atoms with Gasteiger partial charge in [0, 0.05) is 25.4 Å². The quantitative estimate of drug-likeness (QED) is 0.877. The monoisotopic (exact) mass is 356 g/mol. The largest absolute Gasteiger partial charge is 0.343 e. The number of nitrogens with one attached hydrogen (secondary N) is 1. The lowest BCUT2D eigenvalue weighted by Gasteiger charge is -2.32. The minimum atomic E-state index is -0.120. The molecular formula is C17H22Cl2N2O2. The van der Waals surface area contributed by atoms with Gasteiger partial charge in [-0.15, -0.1) is 0 Å². The predicted molar refractivity (Wildman–Crippen MR) is 93.9 cm³/mol. The zero-order valence-electron chi connectivity index (χ0n) is 13.4. The van der Waals surface area contributed by atoms with Crippen LogP contribution in [0.4, 0.5) is 5.69 Å². The highest BCUT2D eigenvalue weighted by molar-refractivity contribution is 6.39. The van der Waals surface area contributed by atoms with Gasteiger partial charge in [-0.25, -0.2) is 0 Å². The Morgan fingerprint density at radius 3 is 2.30 bits per heavy atom. The van der Waals surface area contributed by atoms with Gasteiger partial charge in [-0.2, -0.15) is 0 Å². The molecule has 0 atom stereocenters. The number of carbonyl (C=O) groups excluding carboxylic acids is 2. The first kappa shape index (κ1) is 18.1. The van der Waals surface area contributed by atoms with E-state index in [1.54, 1.807) is 18.2 Å². The fourth-order valence-electron chi connectivity index (χ4n) is 2.71. The van der Waals surface area contributed by atoms with Gasteiger partial charge < -0.3 is 10.2 Å². The number of anilines is 1. The van der Waals surface area contributed by atoms with E-state index in [-0.39, 0.29) is 17.7 Å². The van der Waals surface area contributed by atoms with E-state index in [2.05, 4.69) is 5.32 Å². The van der Waals surface area contributed by atoms with E-state index in [0.29, 0.717) is 54.0 Å². The highest BCUT2D eigenvalue weighted by Crippen LogP contribution is 2.31. The smallest absolute Gasteiger partial charge is 0.227 e. The summed E-state index contributed by atoms with van der Waals surface area (Å²) in [5.41, 5.74) is 0.458. The van der Waals surface area contributed by atoms with Crippen LogP contribution in [0.3, 0.4) is 0 Å². The van der Waals surface area contributed by atoms with Gasteiger partial charge >= 0.3 is 0 Å². The van der Waals surface area contributed by atoms with Crippen LogP contribution in [0.1, 0.15) is 33.1 Å². The zero-order valence-corrected chi connectivity index (χ0v) is 15.0. The molecule has 1 aliphatic rings. The lowest BCUT2D eigenvalue weighted by molar-refractivity contribution is -0.135. The lowest BCUT2D eigenvalue weighted by Crippen LogP contribution is -2.41. The first-order chi connectivity index (χ1) is 10.9. The number of hydrogen-bond acceptors (Lipinski definition) is 2. The van der Waals surface area contributed by atoms with Gasteiger partial charge in [0.05, 0.1) is 15.7 Å². The number of likely N-dealkylation sites (tertiary alicyclic amines) is 1. The SMILES string of the molecule is CC(C)CC(=O)N1CCC(C(=O)Nc2c(Cl)cccc2Cl)CC1. The number of nitrogens with zero attached hydrogens (tertiary/aromatic N) is 1. The maximum atomic E-state index is 12.4. The summed E-state index contributed by atoms with van der Waals surface area (Å²) in [6, 6.07) is 5.12. The fourth-order valence-corrected chi connectivity index (χ4v) is 3.20. The molecule has 23 heavy (non-hydrogen) atoms. The van der Waals surface area contributed by atoms with Gasteiger partial charge in [-0.05, 0) is 30.9 Å². The average Bonchev–Trinajstić information content (AvgIpc) is 2.50. The average molecular weight is 357 g/mol. The van der Waals surface area contributed by atoms with Crippen LogP contribution in [-0.4, -0.2) is 29.8 Å². The third-order valence-corrected chi connectivity index (χ3v) is 4.64. The van der Waals surface area contributed by atoms with Crippen LogP contribution in [0.25, 0.3) is 0 Å². The summed E-state index contributed by atoms with van der Waals surface area (Å²) in [5, 5.41) is 3.67. The van der Waals surface area contributed by atoms with Gasteiger partial charge in [0.15, 0.2) is 0 Å². The summed E-state index contributed by atoms with van der Waals surface area (Å²) in [6.07, 6.45) is 1.89. The second-order valence-electron chi connectivity index (χ2n) is 6.34. The molecule has 0 unspecified atom stereocenters. The van der Waals surface area contributed by atoms with Crippen LogP contribution in [0.2, 0.25) is 10.0 Å². The van der Waals surface area contributed by atoms with Crippen LogP contribution in [0.15, 0.2) is 18.2 Å². The number of rotatable bonds is 4.